The molecule has 9 heteroatoms. The molecule has 3 atom stereocenters. The lowest BCUT2D eigenvalue weighted by Crippen LogP contribution is -2.46. The van der Waals surface area contributed by atoms with E-state index in [9.17, 15) is 19.4 Å². The predicted molar refractivity (Wildman–Crippen MR) is 320 cm³/mol. The third kappa shape index (κ3) is 56.1. The van der Waals surface area contributed by atoms with E-state index < -0.39 is 20.0 Å². The Morgan fingerprint density at radius 3 is 1.20 bits per heavy atom. The second-order valence-electron chi connectivity index (χ2n) is 20.3. The number of phosphoric acid groups is 1. The Hall–Kier alpha value is -3.62. The molecule has 420 valence electrons. The number of nitrogens with zero attached hydrogens (tertiary/aromatic N) is 1. The first kappa shape index (κ1) is 70.4. The fourth-order valence-corrected chi connectivity index (χ4v) is 8.27. The molecular weight excluding hydrogens is 936 g/mol. The normalized spacial score (nSPS) is 15.0. The van der Waals surface area contributed by atoms with Crippen LogP contribution in [0.3, 0.4) is 0 Å². The van der Waals surface area contributed by atoms with Crippen molar-refractivity contribution in [2.45, 2.75) is 219 Å². The van der Waals surface area contributed by atoms with Gasteiger partial charge in [-0.1, -0.05) is 243 Å². The van der Waals surface area contributed by atoms with Crippen molar-refractivity contribution in [3.8, 4) is 0 Å². The summed E-state index contributed by atoms with van der Waals surface area (Å²) in [5.74, 6) is -0.197. The van der Waals surface area contributed by atoms with E-state index in [0.29, 0.717) is 23.9 Å². The van der Waals surface area contributed by atoms with Crippen molar-refractivity contribution in [3.63, 3.8) is 0 Å². The maximum Gasteiger partial charge on any atom is 0.268 e. The van der Waals surface area contributed by atoms with E-state index in [-0.39, 0.29) is 19.1 Å². The molecular formula is C65H109N2O6P. The van der Waals surface area contributed by atoms with Gasteiger partial charge >= 0.3 is 0 Å². The largest absolute Gasteiger partial charge is 0.756 e. The molecule has 0 bridgehead atoms. The third-order valence-corrected chi connectivity index (χ3v) is 13.1. The van der Waals surface area contributed by atoms with E-state index in [2.05, 4.69) is 165 Å². The smallest absolute Gasteiger partial charge is 0.268 e. The summed E-state index contributed by atoms with van der Waals surface area (Å²) < 4.78 is 23.3. The molecule has 8 nitrogen and oxygen atoms in total. The van der Waals surface area contributed by atoms with E-state index in [0.717, 1.165) is 128 Å². The van der Waals surface area contributed by atoms with Gasteiger partial charge in [0.05, 0.1) is 39.9 Å². The number of aliphatic hydroxyl groups is 1. The second-order valence-corrected chi connectivity index (χ2v) is 21.7. The summed E-state index contributed by atoms with van der Waals surface area (Å²) >= 11 is 0. The van der Waals surface area contributed by atoms with Crippen LogP contribution in [0.25, 0.3) is 0 Å². The van der Waals surface area contributed by atoms with Gasteiger partial charge in [-0.2, -0.15) is 0 Å². The van der Waals surface area contributed by atoms with Crippen LogP contribution in [-0.4, -0.2) is 68.5 Å². The molecule has 2 N–H and O–H groups in total. The van der Waals surface area contributed by atoms with Gasteiger partial charge in [0.15, 0.2) is 0 Å². The number of amides is 1. The average Bonchev–Trinajstić information content (AvgIpc) is 3.36. The van der Waals surface area contributed by atoms with E-state index >= 15 is 0 Å². The number of rotatable bonds is 51. The lowest BCUT2D eigenvalue weighted by molar-refractivity contribution is -0.870. The monoisotopic (exact) mass is 1040 g/mol. The van der Waals surface area contributed by atoms with Gasteiger partial charge in [-0.05, 0) is 103 Å². The van der Waals surface area contributed by atoms with E-state index in [4.69, 9.17) is 9.05 Å². The first-order valence-corrected chi connectivity index (χ1v) is 30.6. The van der Waals surface area contributed by atoms with Crippen LogP contribution in [0.5, 0.6) is 0 Å². The molecule has 0 saturated carbocycles. The molecule has 0 aromatic rings. The van der Waals surface area contributed by atoms with Gasteiger partial charge in [-0.15, -0.1) is 0 Å². The Labute approximate surface area is 455 Å². The van der Waals surface area contributed by atoms with Gasteiger partial charge in [-0.25, -0.2) is 0 Å². The number of allylic oxidation sites excluding steroid dienone is 24. The lowest BCUT2D eigenvalue weighted by Gasteiger charge is -2.30. The number of phosphoric ester groups is 1. The predicted octanol–water partition coefficient (Wildman–Crippen LogP) is 17.5. The number of hydrogen-bond donors (Lipinski definition) is 2. The molecule has 0 rings (SSSR count). The number of carbonyl (C=O) groups excluding carboxylic acids is 1. The van der Waals surface area contributed by atoms with Crippen molar-refractivity contribution < 1.29 is 32.9 Å². The van der Waals surface area contributed by atoms with Crippen molar-refractivity contribution in [1.29, 1.82) is 0 Å². The number of likely N-dealkylation sites (N-methyl/N-ethyl adjacent to an activating group) is 1. The molecule has 0 saturated heterocycles. The molecule has 0 aromatic heterocycles. The Kier molecular flexibility index (Phi) is 51.5. The summed E-state index contributed by atoms with van der Waals surface area (Å²) in [6.45, 7) is 4.55. The Balaban J connectivity index is 4.14. The molecule has 0 fully saturated rings. The Morgan fingerprint density at radius 2 is 0.824 bits per heavy atom. The summed E-state index contributed by atoms with van der Waals surface area (Å²) in [5, 5.41) is 13.9. The summed E-state index contributed by atoms with van der Waals surface area (Å²) in [4.78, 5) is 25.4. The molecule has 0 spiro atoms. The van der Waals surface area contributed by atoms with Gasteiger partial charge in [0, 0.05) is 6.42 Å². The van der Waals surface area contributed by atoms with E-state index in [1.165, 1.54) is 51.4 Å². The minimum absolute atomic E-state index is 0.000811. The first-order chi connectivity index (χ1) is 36.0. The van der Waals surface area contributed by atoms with E-state index in [1.54, 1.807) is 0 Å². The Morgan fingerprint density at radius 1 is 0.486 bits per heavy atom. The molecule has 74 heavy (non-hydrogen) atoms. The minimum atomic E-state index is -4.58. The number of aliphatic hydroxyl groups excluding tert-OH is 1. The van der Waals surface area contributed by atoms with E-state index in [1.807, 2.05) is 21.1 Å². The number of unbranched alkanes of at least 4 members (excludes halogenated alkanes) is 14. The fraction of sp³-hybridized carbons (Fsp3) is 0.615. The molecule has 0 aromatic carbocycles. The highest BCUT2D eigenvalue weighted by atomic mass is 31.2. The average molecular weight is 1050 g/mol. The third-order valence-electron chi connectivity index (χ3n) is 12.1. The van der Waals surface area contributed by atoms with Crippen molar-refractivity contribution in [3.05, 3.63) is 146 Å². The maximum atomic E-state index is 12.9. The van der Waals surface area contributed by atoms with Gasteiger partial charge in [0.1, 0.15) is 13.2 Å². The van der Waals surface area contributed by atoms with Crippen LogP contribution in [0.15, 0.2) is 146 Å². The summed E-state index contributed by atoms with van der Waals surface area (Å²) in [7, 11) is 1.26. The zero-order chi connectivity index (χ0) is 54.2. The molecule has 0 aliphatic heterocycles. The van der Waals surface area contributed by atoms with Crippen molar-refractivity contribution in [1.82, 2.24) is 5.32 Å². The number of hydrogen-bond acceptors (Lipinski definition) is 6. The number of quaternary nitrogens is 1. The van der Waals surface area contributed by atoms with Crippen molar-refractivity contribution >= 4 is 13.7 Å². The van der Waals surface area contributed by atoms with Gasteiger partial charge in [0.25, 0.3) is 7.82 Å². The molecule has 1 amide bonds. The van der Waals surface area contributed by atoms with Gasteiger partial charge in [0.2, 0.25) is 5.91 Å². The number of nitrogens with one attached hydrogen (secondary N) is 1. The lowest BCUT2D eigenvalue weighted by atomic mass is 10.0. The molecule has 3 unspecified atom stereocenters. The highest BCUT2D eigenvalue weighted by Gasteiger charge is 2.24. The van der Waals surface area contributed by atoms with Gasteiger partial charge in [-0.3, -0.25) is 9.36 Å². The van der Waals surface area contributed by atoms with Crippen molar-refractivity contribution in [2.75, 3.05) is 40.9 Å². The molecule has 0 aliphatic rings. The second kappa shape index (κ2) is 54.2. The van der Waals surface area contributed by atoms with Crippen molar-refractivity contribution in [2.24, 2.45) is 0 Å². The summed E-state index contributed by atoms with van der Waals surface area (Å²) in [6.07, 6.45) is 83.2. The zero-order valence-corrected chi connectivity index (χ0v) is 48.6. The topological polar surface area (TPSA) is 108 Å². The van der Waals surface area contributed by atoms with Crippen LogP contribution in [-0.2, 0) is 18.4 Å². The quantitative estimate of drug-likeness (QED) is 0.0272. The summed E-state index contributed by atoms with van der Waals surface area (Å²) in [5.41, 5.74) is 0. The molecule has 0 aliphatic carbocycles. The standard InChI is InChI=1S/C65H109N2O6P/c1-6-8-10-12-14-16-18-19-20-21-22-23-24-25-26-27-28-29-30-31-32-33-34-35-36-37-38-39-40-41-42-43-44-45-46-47-49-51-53-55-57-59-65(69)66-63(62-73-74(70,71)72-61-60-67(3,4)5)64(68)58-56-54-52-50-48-17-15-13-11-9-7-2/h8,10,14,16,19-20,22-23,25-26,28-29,31-32,34-35,37-38,40-41,43-44,46-47,63-64,68H,6-7,9,11-13,15,17-18,21,24,27,30,33,36,39,42,45,48-62H2,1-5H3,(H-,66,69,70,71)/b10-8-,16-14-,20-19-,23-22-,26-25-,29-28-,32-31-,35-34-,38-37-,41-40-,44-43-,47-46-. The molecule has 0 heterocycles. The van der Waals surface area contributed by atoms with Crippen LogP contribution in [0.2, 0.25) is 0 Å². The van der Waals surface area contributed by atoms with Crippen LogP contribution in [0.4, 0.5) is 0 Å². The Bertz CT molecular complexity index is 1710. The van der Waals surface area contributed by atoms with Crippen LogP contribution in [0, 0.1) is 0 Å². The highest BCUT2D eigenvalue weighted by Crippen LogP contribution is 2.38. The summed E-state index contributed by atoms with van der Waals surface area (Å²) in [6, 6.07) is -0.823. The van der Waals surface area contributed by atoms with Crippen LogP contribution >= 0.6 is 7.82 Å². The van der Waals surface area contributed by atoms with Crippen LogP contribution < -0.4 is 10.2 Å². The van der Waals surface area contributed by atoms with Gasteiger partial charge < -0.3 is 28.8 Å². The zero-order valence-electron chi connectivity index (χ0n) is 47.7. The highest BCUT2D eigenvalue weighted by molar-refractivity contribution is 7.45. The first-order valence-electron chi connectivity index (χ1n) is 29.2. The maximum absolute atomic E-state index is 12.9. The number of carbonyl (C=O) groups is 1. The minimum Gasteiger partial charge on any atom is -0.756 e. The molecule has 0 radical (unpaired) electrons. The van der Waals surface area contributed by atoms with Crippen LogP contribution in [0.1, 0.15) is 206 Å². The SMILES string of the molecule is CC/C=C\C/C=C\C/C=C\C/C=C\C/C=C\C/C=C\C/C=C\C/C=C\C/C=C\C/C=C\C/C=C\C/C=C\CCCCCCC(=O)NC(COP(=O)([O-])OCC[N+](C)(C)C)C(O)CCCCCCCCCCCCC. The fourth-order valence-electron chi connectivity index (χ4n) is 7.55.